The standard InChI is InChI=1S/C17H31NS/c1-4-6-7-8-9-10-11-12-17(18-5-2)16-13-15(3)19-14-16/h13-14,17-18H,4-12H2,1-3H3. The Hall–Kier alpha value is -0.340. The Kier molecular flexibility index (Phi) is 9.19. The van der Waals surface area contributed by atoms with Crippen molar-refractivity contribution in [1.82, 2.24) is 5.32 Å². The SMILES string of the molecule is CCCCCCCCCC(NCC)c1csc(C)c1. The van der Waals surface area contributed by atoms with Crippen LogP contribution >= 0.6 is 11.3 Å². The lowest BCUT2D eigenvalue weighted by Crippen LogP contribution is -2.20. The van der Waals surface area contributed by atoms with Crippen LogP contribution in [0.4, 0.5) is 0 Å². The van der Waals surface area contributed by atoms with Gasteiger partial charge in [-0.2, -0.15) is 0 Å². The molecular weight excluding hydrogens is 250 g/mol. The van der Waals surface area contributed by atoms with E-state index in [2.05, 4.69) is 37.5 Å². The summed E-state index contributed by atoms with van der Waals surface area (Å²) >= 11 is 1.87. The van der Waals surface area contributed by atoms with Gasteiger partial charge in [0.15, 0.2) is 0 Å². The van der Waals surface area contributed by atoms with Crippen molar-refractivity contribution >= 4 is 11.3 Å². The molecule has 0 saturated carbocycles. The van der Waals surface area contributed by atoms with Gasteiger partial charge in [0, 0.05) is 10.9 Å². The fourth-order valence-electron chi connectivity index (χ4n) is 2.59. The molecule has 0 amide bonds. The zero-order valence-corrected chi connectivity index (χ0v) is 13.8. The Bertz CT molecular complexity index is 319. The third-order valence-corrected chi connectivity index (χ3v) is 4.58. The van der Waals surface area contributed by atoms with E-state index in [1.165, 1.54) is 61.8 Å². The van der Waals surface area contributed by atoms with E-state index in [0.29, 0.717) is 6.04 Å². The highest BCUT2D eigenvalue weighted by molar-refractivity contribution is 7.10. The highest BCUT2D eigenvalue weighted by Gasteiger charge is 2.10. The maximum absolute atomic E-state index is 3.63. The Morgan fingerprint density at radius 1 is 1.05 bits per heavy atom. The molecule has 0 aliphatic carbocycles. The third-order valence-electron chi connectivity index (χ3n) is 3.70. The van der Waals surface area contributed by atoms with Gasteiger partial charge >= 0.3 is 0 Å². The lowest BCUT2D eigenvalue weighted by atomic mass is 10.0. The van der Waals surface area contributed by atoms with Crippen molar-refractivity contribution in [2.45, 2.75) is 78.2 Å². The van der Waals surface area contributed by atoms with Gasteiger partial charge in [-0.3, -0.25) is 0 Å². The van der Waals surface area contributed by atoms with Crippen molar-refractivity contribution in [1.29, 1.82) is 0 Å². The molecule has 0 radical (unpaired) electrons. The Labute approximate surface area is 123 Å². The van der Waals surface area contributed by atoms with Crippen LogP contribution in [-0.4, -0.2) is 6.54 Å². The second-order valence-corrected chi connectivity index (χ2v) is 6.63. The average molecular weight is 282 g/mol. The first-order valence-corrected chi connectivity index (χ1v) is 8.94. The van der Waals surface area contributed by atoms with Gasteiger partial charge in [0.25, 0.3) is 0 Å². The largest absolute Gasteiger partial charge is 0.310 e. The summed E-state index contributed by atoms with van der Waals surface area (Å²) in [5.41, 5.74) is 1.50. The van der Waals surface area contributed by atoms with Gasteiger partial charge in [-0.15, -0.1) is 11.3 Å². The minimum absolute atomic E-state index is 0.575. The van der Waals surface area contributed by atoms with Crippen molar-refractivity contribution in [3.05, 3.63) is 21.9 Å². The second kappa shape index (κ2) is 10.4. The van der Waals surface area contributed by atoms with E-state index in [1.807, 2.05) is 11.3 Å². The first-order chi connectivity index (χ1) is 9.27. The number of rotatable bonds is 11. The molecule has 1 rings (SSSR count). The van der Waals surface area contributed by atoms with Crippen LogP contribution in [0.2, 0.25) is 0 Å². The van der Waals surface area contributed by atoms with Gasteiger partial charge in [-0.25, -0.2) is 0 Å². The molecule has 1 atom stereocenters. The summed E-state index contributed by atoms with van der Waals surface area (Å²) < 4.78 is 0. The number of nitrogens with one attached hydrogen (secondary N) is 1. The van der Waals surface area contributed by atoms with Crippen LogP contribution in [0.25, 0.3) is 0 Å². The highest BCUT2D eigenvalue weighted by atomic mass is 32.1. The van der Waals surface area contributed by atoms with Gasteiger partial charge in [0.1, 0.15) is 0 Å². The van der Waals surface area contributed by atoms with E-state index >= 15 is 0 Å². The van der Waals surface area contributed by atoms with Crippen molar-refractivity contribution in [3.8, 4) is 0 Å². The summed E-state index contributed by atoms with van der Waals surface area (Å²) in [5.74, 6) is 0. The molecule has 110 valence electrons. The van der Waals surface area contributed by atoms with Crippen LogP contribution < -0.4 is 5.32 Å². The number of hydrogen-bond acceptors (Lipinski definition) is 2. The lowest BCUT2D eigenvalue weighted by molar-refractivity contribution is 0.476. The molecule has 0 fully saturated rings. The quantitative estimate of drug-likeness (QED) is 0.502. The summed E-state index contributed by atoms with van der Waals surface area (Å²) in [6.45, 7) is 7.75. The normalized spacial score (nSPS) is 12.8. The maximum Gasteiger partial charge on any atom is 0.0328 e. The smallest absolute Gasteiger partial charge is 0.0328 e. The molecule has 19 heavy (non-hydrogen) atoms. The van der Waals surface area contributed by atoms with E-state index in [0.717, 1.165) is 6.54 Å². The molecule has 1 unspecified atom stereocenters. The van der Waals surface area contributed by atoms with E-state index < -0.39 is 0 Å². The van der Waals surface area contributed by atoms with Gasteiger partial charge in [0.2, 0.25) is 0 Å². The van der Waals surface area contributed by atoms with Crippen molar-refractivity contribution < 1.29 is 0 Å². The Morgan fingerprint density at radius 3 is 2.32 bits per heavy atom. The number of aryl methyl sites for hydroxylation is 1. The maximum atomic E-state index is 3.63. The summed E-state index contributed by atoms with van der Waals surface area (Å²) in [6.07, 6.45) is 11.1. The van der Waals surface area contributed by atoms with E-state index in [4.69, 9.17) is 0 Å². The molecule has 1 N–H and O–H groups in total. The summed E-state index contributed by atoms with van der Waals surface area (Å²) in [4.78, 5) is 1.43. The van der Waals surface area contributed by atoms with Crippen LogP contribution in [0.15, 0.2) is 11.4 Å². The molecule has 1 heterocycles. The van der Waals surface area contributed by atoms with E-state index in [9.17, 15) is 0 Å². The molecule has 0 aliphatic rings. The number of thiophene rings is 1. The van der Waals surface area contributed by atoms with Crippen molar-refractivity contribution in [3.63, 3.8) is 0 Å². The average Bonchev–Trinajstić information content (AvgIpc) is 2.83. The molecule has 0 aromatic carbocycles. The van der Waals surface area contributed by atoms with E-state index in [1.54, 1.807) is 0 Å². The molecule has 0 spiro atoms. The topological polar surface area (TPSA) is 12.0 Å². The van der Waals surface area contributed by atoms with Gasteiger partial charge < -0.3 is 5.32 Å². The molecule has 0 aliphatic heterocycles. The Morgan fingerprint density at radius 2 is 1.74 bits per heavy atom. The predicted molar refractivity (Wildman–Crippen MR) is 88.1 cm³/mol. The van der Waals surface area contributed by atoms with Crippen LogP contribution in [-0.2, 0) is 0 Å². The van der Waals surface area contributed by atoms with Gasteiger partial charge in [-0.05, 0) is 36.9 Å². The zero-order chi connectivity index (χ0) is 13.9. The molecule has 1 aromatic heterocycles. The van der Waals surface area contributed by atoms with Crippen molar-refractivity contribution in [2.24, 2.45) is 0 Å². The van der Waals surface area contributed by atoms with Crippen LogP contribution in [0.1, 0.15) is 81.7 Å². The van der Waals surface area contributed by atoms with E-state index in [-0.39, 0.29) is 0 Å². The molecule has 1 nitrogen and oxygen atoms in total. The number of unbranched alkanes of at least 4 members (excludes halogenated alkanes) is 6. The Balaban J connectivity index is 2.19. The van der Waals surface area contributed by atoms with Gasteiger partial charge in [0.05, 0.1) is 0 Å². The fraction of sp³-hybridized carbons (Fsp3) is 0.765. The van der Waals surface area contributed by atoms with Crippen LogP contribution in [0.5, 0.6) is 0 Å². The van der Waals surface area contributed by atoms with Crippen LogP contribution in [0.3, 0.4) is 0 Å². The molecule has 0 saturated heterocycles. The first-order valence-electron chi connectivity index (χ1n) is 8.06. The molecule has 1 aromatic rings. The summed E-state index contributed by atoms with van der Waals surface area (Å²) in [7, 11) is 0. The minimum atomic E-state index is 0.575. The lowest BCUT2D eigenvalue weighted by Gasteiger charge is -2.16. The second-order valence-electron chi connectivity index (χ2n) is 5.51. The third kappa shape index (κ3) is 7.12. The zero-order valence-electron chi connectivity index (χ0n) is 13.0. The number of hydrogen-bond donors (Lipinski definition) is 1. The first kappa shape index (κ1) is 16.7. The fourth-order valence-corrected chi connectivity index (χ4v) is 3.34. The van der Waals surface area contributed by atoms with Gasteiger partial charge in [-0.1, -0.05) is 58.8 Å². The predicted octanol–water partition coefficient (Wildman–Crippen LogP) is 5.85. The molecular formula is C17H31NS. The molecule has 2 heteroatoms. The monoisotopic (exact) mass is 281 g/mol. The molecule has 0 bridgehead atoms. The highest BCUT2D eigenvalue weighted by Crippen LogP contribution is 2.25. The summed E-state index contributed by atoms with van der Waals surface area (Å²) in [6, 6.07) is 2.92. The minimum Gasteiger partial charge on any atom is -0.310 e. The summed E-state index contributed by atoms with van der Waals surface area (Å²) in [5, 5.41) is 5.95. The van der Waals surface area contributed by atoms with Crippen molar-refractivity contribution in [2.75, 3.05) is 6.54 Å². The van der Waals surface area contributed by atoms with Crippen LogP contribution in [0, 0.1) is 6.92 Å².